The first-order valence-corrected chi connectivity index (χ1v) is 7.11. The van der Waals surface area contributed by atoms with E-state index in [2.05, 4.69) is 32.7 Å². The lowest BCUT2D eigenvalue weighted by molar-refractivity contribution is 0.388. The Kier molecular flexibility index (Phi) is 3.80. The summed E-state index contributed by atoms with van der Waals surface area (Å²) >= 11 is 0. The lowest BCUT2D eigenvalue weighted by Gasteiger charge is -2.10. The molecule has 1 saturated carbocycles. The van der Waals surface area contributed by atoms with Gasteiger partial charge in [0.25, 0.3) is 0 Å². The minimum absolute atomic E-state index is 0.532. The molecule has 0 saturated heterocycles. The Hall–Kier alpha value is -2.11. The molecule has 6 nitrogen and oxygen atoms in total. The van der Waals surface area contributed by atoms with Gasteiger partial charge in [-0.05, 0) is 19.3 Å². The van der Waals surface area contributed by atoms with Gasteiger partial charge in [0.2, 0.25) is 0 Å². The average Bonchev–Trinajstić information content (AvgIpc) is 3.20. The van der Waals surface area contributed by atoms with Crippen LogP contribution in [0.2, 0.25) is 0 Å². The standard InChI is InChI=1S/C14H19N5O/c1-2-6-15-12-8-13(16-9-11-5-7-17-20-11)19-14(18-12)10-3-4-10/h5,7-8,10H,2-4,6,9H2,1H3,(H2,15,16,18,19). The predicted molar refractivity (Wildman–Crippen MR) is 76.6 cm³/mol. The zero-order valence-corrected chi connectivity index (χ0v) is 11.6. The fourth-order valence-corrected chi connectivity index (χ4v) is 1.94. The van der Waals surface area contributed by atoms with Crippen LogP contribution in [0.15, 0.2) is 22.9 Å². The van der Waals surface area contributed by atoms with Crippen LogP contribution in [0.4, 0.5) is 11.6 Å². The summed E-state index contributed by atoms with van der Waals surface area (Å²) in [6, 6.07) is 3.78. The molecule has 2 heterocycles. The van der Waals surface area contributed by atoms with Gasteiger partial charge in [0, 0.05) is 24.6 Å². The highest BCUT2D eigenvalue weighted by molar-refractivity contribution is 5.48. The second-order valence-corrected chi connectivity index (χ2v) is 5.03. The summed E-state index contributed by atoms with van der Waals surface area (Å²) in [4.78, 5) is 9.16. The highest BCUT2D eigenvalue weighted by Gasteiger charge is 2.27. The van der Waals surface area contributed by atoms with Crippen LogP contribution in [0.3, 0.4) is 0 Å². The third-order valence-electron chi connectivity index (χ3n) is 3.18. The first-order chi connectivity index (χ1) is 9.85. The molecule has 1 aliphatic carbocycles. The molecule has 1 aliphatic rings. The van der Waals surface area contributed by atoms with Crippen molar-refractivity contribution in [2.75, 3.05) is 17.2 Å². The molecular formula is C14H19N5O. The van der Waals surface area contributed by atoms with Crippen molar-refractivity contribution in [3.05, 3.63) is 29.9 Å². The van der Waals surface area contributed by atoms with Crippen molar-refractivity contribution >= 4 is 11.6 Å². The highest BCUT2D eigenvalue weighted by Crippen LogP contribution is 2.38. The summed E-state index contributed by atoms with van der Waals surface area (Å²) in [5, 5.41) is 10.3. The monoisotopic (exact) mass is 273 g/mol. The quantitative estimate of drug-likeness (QED) is 0.808. The van der Waals surface area contributed by atoms with Crippen LogP contribution in [0.5, 0.6) is 0 Å². The molecule has 0 unspecified atom stereocenters. The number of nitrogens with one attached hydrogen (secondary N) is 2. The van der Waals surface area contributed by atoms with Gasteiger partial charge >= 0.3 is 0 Å². The van der Waals surface area contributed by atoms with Crippen molar-refractivity contribution in [3.63, 3.8) is 0 Å². The molecule has 20 heavy (non-hydrogen) atoms. The van der Waals surface area contributed by atoms with Gasteiger partial charge in [-0.25, -0.2) is 9.97 Å². The third kappa shape index (κ3) is 3.26. The van der Waals surface area contributed by atoms with Crippen molar-refractivity contribution in [2.24, 2.45) is 0 Å². The van der Waals surface area contributed by atoms with E-state index >= 15 is 0 Å². The van der Waals surface area contributed by atoms with Crippen molar-refractivity contribution < 1.29 is 4.52 Å². The Morgan fingerprint density at radius 3 is 2.70 bits per heavy atom. The van der Waals surface area contributed by atoms with Crippen molar-refractivity contribution in [1.29, 1.82) is 0 Å². The fraction of sp³-hybridized carbons (Fsp3) is 0.500. The molecule has 6 heteroatoms. The summed E-state index contributed by atoms with van der Waals surface area (Å²) < 4.78 is 5.07. The number of aromatic nitrogens is 3. The first-order valence-electron chi connectivity index (χ1n) is 7.11. The van der Waals surface area contributed by atoms with E-state index in [4.69, 9.17) is 4.52 Å². The van der Waals surface area contributed by atoms with Crippen molar-refractivity contribution in [2.45, 2.75) is 38.6 Å². The van der Waals surface area contributed by atoms with Crippen LogP contribution in [0, 0.1) is 0 Å². The number of nitrogens with zero attached hydrogens (tertiary/aromatic N) is 3. The van der Waals surface area contributed by atoms with E-state index in [0.717, 1.165) is 36.2 Å². The molecule has 2 aromatic heterocycles. The normalized spacial score (nSPS) is 14.2. The SMILES string of the molecule is CCCNc1cc(NCc2ccno2)nc(C2CC2)n1. The second kappa shape index (κ2) is 5.90. The van der Waals surface area contributed by atoms with E-state index in [-0.39, 0.29) is 0 Å². The van der Waals surface area contributed by atoms with E-state index in [1.807, 2.05) is 12.1 Å². The maximum Gasteiger partial charge on any atom is 0.155 e. The van der Waals surface area contributed by atoms with Gasteiger partial charge in [-0.2, -0.15) is 0 Å². The van der Waals surface area contributed by atoms with Crippen LogP contribution in [-0.4, -0.2) is 21.7 Å². The minimum atomic E-state index is 0.532. The Morgan fingerprint density at radius 1 is 1.25 bits per heavy atom. The maximum absolute atomic E-state index is 5.07. The largest absolute Gasteiger partial charge is 0.370 e. The molecule has 0 aromatic carbocycles. The number of rotatable bonds is 7. The Morgan fingerprint density at radius 2 is 2.05 bits per heavy atom. The molecule has 0 bridgehead atoms. The summed E-state index contributed by atoms with van der Waals surface area (Å²) in [5.74, 6) is 3.98. The summed E-state index contributed by atoms with van der Waals surface area (Å²) in [7, 11) is 0. The topological polar surface area (TPSA) is 75.9 Å². The van der Waals surface area contributed by atoms with Gasteiger partial charge in [0.1, 0.15) is 17.5 Å². The maximum atomic E-state index is 5.07. The molecule has 0 atom stereocenters. The smallest absolute Gasteiger partial charge is 0.155 e. The average molecular weight is 273 g/mol. The Labute approximate surface area is 118 Å². The molecule has 106 valence electrons. The van der Waals surface area contributed by atoms with E-state index in [1.54, 1.807) is 6.20 Å². The predicted octanol–water partition coefficient (Wildman–Crippen LogP) is 2.78. The van der Waals surface area contributed by atoms with Gasteiger partial charge in [-0.15, -0.1) is 0 Å². The van der Waals surface area contributed by atoms with E-state index in [0.29, 0.717) is 12.5 Å². The molecular weight excluding hydrogens is 254 g/mol. The van der Waals surface area contributed by atoms with Crippen molar-refractivity contribution in [1.82, 2.24) is 15.1 Å². The number of hydrogen-bond donors (Lipinski definition) is 2. The second-order valence-electron chi connectivity index (χ2n) is 5.03. The van der Waals surface area contributed by atoms with Crippen LogP contribution >= 0.6 is 0 Å². The minimum Gasteiger partial charge on any atom is -0.370 e. The van der Waals surface area contributed by atoms with Gasteiger partial charge in [-0.3, -0.25) is 0 Å². The van der Waals surface area contributed by atoms with Gasteiger partial charge in [-0.1, -0.05) is 12.1 Å². The highest BCUT2D eigenvalue weighted by atomic mass is 16.5. The van der Waals surface area contributed by atoms with E-state index in [9.17, 15) is 0 Å². The van der Waals surface area contributed by atoms with Gasteiger partial charge in [0.15, 0.2) is 5.76 Å². The summed E-state index contributed by atoms with van der Waals surface area (Å²) in [6.45, 7) is 3.63. The first kappa shape index (κ1) is 12.9. The molecule has 0 radical (unpaired) electrons. The third-order valence-corrected chi connectivity index (χ3v) is 3.18. The molecule has 2 aromatic rings. The molecule has 3 rings (SSSR count). The molecule has 1 fully saturated rings. The molecule has 0 aliphatic heterocycles. The molecule has 0 spiro atoms. The van der Waals surface area contributed by atoms with Crippen molar-refractivity contribution in [3.8, 4) is 0 Å². The lowest BCUT2D eigenvalue weighted by Crippen LogP contribution is -2.08. The van der Waals surface area contributed by atoms with Gasteiger partial charge in [0.05, 0.1) is 12.7 Å². The van der Waals surface area contributed by atoms with Crippen LogP contribution in [0.1, 0.15) is 43.7 Å². The van der Waals surface area contributed by atoms with E-state index < -0.39 is 0 Å². The summed E-state index contributed by atoms with van der Waals surface area (Å²) in [6.07, 6.45) is 5.10. The number of anilines is 2. The lowest BCUT2D eigenvalue weighted by atomic mass is 10.3. The zero-order valence-electron chi connectivity index (χ0n) is 11.6. The fourth-order valence-electron chi connectivity index (χ4n) is 1.94. The van der Waals surface area contributed by atoms with E-state index in [1.165, 1.54) is 12.8 Å². The van der Waals surface area contributed by atoms with Crippen LogP contribution < -0.4 is 10.6 Å². The Bertz CT molecular complexity index is 551. The number of hydrogen-bond acceptors (Lipinski definition) is 6. The molecule has 2 N–H and O–H groups in total. The Balaban J connectivity index is 1.72. The summed E-state index contributed by atoms with van der Waals surface area (Å²) in [5.41, 5.74) is 0. The van der Waals surface area contributed by atoms with Crippen LogP contribution in [-0.2, 0) is 6.54 Å². The molecule has 0 amide bonds. The van der Waals surface area contributed by atoms with Gasteiger partial charge < -0.3 is 15.2 Å². The zero-order chi connectivity index (χ0) is 13.8. The van der Waals surface area contributed by atoms with Crippen LogP contribution in [0.25, 0.3) is 0 Å².